The largest absolute Gasteiger partial charge is 0.387 e. The van der Waals surface area contributed by atoms with Gasteiger partial charge in [-0.05, 0) is 18.9 Å². The molecule has 0 aromatic heterocycles. The molecule has 0 heterocycles. The van der Waals surface area contributed by atoms with Gasteiger partial charge in [-0.3, -0.25) is 0 Å². The first kappa shape index (κ1) is 14.2. The Kier molecular flexibility index (Phi) is 5.05. The summed E-state index contributed by atoms with van der Waals surface area (Å²) in [6, 6.07) is 7.14. The molecule has 1 aliphatic rings. The van der Waals surface area contributed by atoms with Crippen LogP contribution in [0.3, 0.4) is 0 Å². The molecule has 104 valence electrons. The Labute approximate surface area is 118 Å². The van der Waals surface area contributed by atoms with Crippen LogP contribution in [0.4, 0.5) is 4.79 Å². The predicted molar refractivity (Wildman–Crippen MR) is 75.2 cm³/mol. The van der Waals surface area contributed by atoms with Crippen LogP contribution < -0.4 is 10.6 Å². The number of urea groups is 1. The number of carbonyl (C=O) groups excluding carboxylic acids is 1. The number of hydrogen-bond acceptors (Lipinski definition) is 2. The average molecular weight is 283 g/mol. The molecule has 1 saturated carbocycles. The fraction of sp³-hybridized carbons (Fsp3) is 0.500. The number of nitrogens with one attached hydrogen (secondary N) is 2. The van der Waals surface area contributed by atoms with Crippen LogP contribution in [0, 0.1) is 0 Å². The van der Waals surface area contributed by atoms with E-state index in [-0.39, 0.29) is 18.6 Å². The quantitative estimate of drug-likeness (QED) is 0.795. The van der Waals surface area contributed by atoms with Gasteiger partial charge in [0.1, 0.15) is 0 Å². The van der Waals surface area contributed by atoms with E-state index in [9.17, 15) is 9.90 Å². The number of rotatable bonds is 4. The van der Waals surface area contributed by atoms with E-state index in [4.69, 9.17) is 11.6 Å². The Bertz CT molecular complexity index is 433. The Morgan fingerprint density at radius 2 is 2.05 bits per heavy atom. The van der Waals surface area contributed by atoms with Crippen molar-refractivity contribution in [2.75, 3.05) is 6.54 Å². The third-order valence-corrected chi connectivity index (χ3v) is 3.75. The van der Waals surface area contributed by atoms with E-state index < -0.39 is 6.10 Å². The lowest BCUT2D eigenvalue weighted by Crippen LogP contribution is -2.42. The van der Waals surface area contributed by atoms with Gasteiger partial charge >= 0.3 is 6.03 Å². The highest BCUT2D eigenvalue weighted by Gasteiger charge is 2.18. The minimum atomic E-state index is -0.789. The van der Waals surface area contributed by atoms with E-state index in [1.54, 1.807) is 18.2 Å². The Morgan fingerprint density at radius 3 is 2.74 bits per heavy atom. The first-order valence-corrected chi connectivity index (χ1v) is 7.01. The minimum absolute atomic E-state index is 0.155. The smallest absolute Gasteiger partial charge is 0.315 e. The number of aliphatic hydroxyl groups is 1. The van der Waals surface area contributed by atoms with Gasteiger partial charge in [0.05, 0.1) is 6.10 Å². The second-order valence-electron chi connectivity index (χ2n) is 4.87. The molecule has 1 unspecified atom stereocenters. The van der Waals surface area contributed by atoms with Crippen LogP contribution >= 0.6 is 11.6 Å². The fourth-order valence-electron chi connectivity index (χ4n) is 2.35. The lowest BCUT2D eigenvalue weighted by atomic mass is 10.1. The minimum Gasteiger partial charge on any atom is -0.387 e. The van der Waals surface area contributed by atoms with Crippen molar-refractivity contribution in [3.05, 3.63) is 34.9 Å². The topological polar surface area (TPSA) is 61.4 Å². The summed E-state index contributed by atoms with van der Waals surface area (Å²) < 4.78 is 0. The molecule has 1 aromatic carbocycles. The van der Waals surface area contributed by atoms with E-state index >= 15 is 0 Å². The van der Waals surface area contributed by atoms with Crippen LogP contribution in [0.1, 0.15) is 37.4 Å². The predicted octanol–water partition coefficient (Wildman–Crippen LogP) is 2.62. The van der Waals surface area contributed by atoms with Gasteiger partial charge in [-0.25, -0.2) is 4.79 Å². The first-order valence-electron chi connectivity index (χ1n) is 6.63. The molecule has 0 bridgehead atoms. The Hall–Kier alpha value is -1.26. The molecule has 3 N–H and O–H groups in total. The highest BCUT2D eigenvalue weighted by Crippen LogP contribution is 2.22. The molecule has 5 heteroatoms. The van der Waals surface area contributed by atoms with Gasteiger partial charge < -0.3 is 15.7 Å². The number of halogens is 1. The van der Waals surface area contributed by atoms with Crippen molar-refractivity contribution in [3.63, 3.8) is 0 Å². The lowest BCUT2D eigenvalue weighted by Gasteiger charge is -2.16. The number of amides is 2. The van der Waals surface area contributed by atoms with Crippen LogP contribution in [0.5, 0.6) is 0 Å². The number of hydrogen-bond donors (Lipinski definition) is 3. The zero-order valence-electron chi connectivity index (χ0n) is 10.7. The maximum atomic E-state index is 11.7. The summed E-state index contributed by atoms with van der Waals surface area (Å²) in [5, 5.41) is 16.1. The first-order chi connectivity index (χ1) is 9.16. The summed E-state index contributed by atoms with van der Waals surface area (Å²) in [7, 11) is 0. The molecule has 19 heavy (non-hydrogen) atoms. The SMILES string of the molecule is O=C(NCC(O)c1ccccc1Cl)NC1CCCC1. The van der Waals surface area contributed by atoms with E-state index in [2.05, 4.69) is 10.6 Å². The van der Waals surface area contributed by atoms with Crippen LogP contribution in [-0.2, 0) is 0 Å². The lowest BCUT2D eigenvalue weighted by molar-refractivity contribution is 0.172. The summed E-state index contributed by atoms with van der Waals surface area (Å²) in [6.45, 7) is 0.155. The molecular weight excluding hydrogens is 264 g/mol. The van der Waals surface area contributed by atoms with Crippen molar-refractivity contribution in [3.8, 4) is 0 Å². The van der Waals surface area contributed by atoms with Crippen molar-refractivity contribution < 1.29 is 9.90 Å². The van der Waals surface area contributed by atoms with Crippen LogP contribution in [0.25, 0.3) is 0 Å². The van der Waals surface area contributed by atoms with E-state index in [1.165, 1.54) is 12.8 Å². The van der Waals surface area contributed by atoms with Crippen LogP contribution in [0.2, 0.25) is 5.02 Å². The zero-order valence-corrected chi connectivity index (χ0v) is 11.5. The molecule has 1 fully saturated rings. The third kappa shape index (κ3) is 4.11. The molecule has 2 rings (SSSR count). The van der Waals surface area contributed by atoms with Crippen LogP contribution in [-0.4, -0.2) is 23.7 Å². The van der Waals surface area contributed by atoms with E-state index in [0.29, 0.717) is 10.6 Å². The van der Waals surface area contributed by atoms with Gasteiger partial charge in [-0.1, -0.05) is 42.6 Å². The van der Waals surface area contributed by atoms with E-state index in [0.717, 1.165) is 12.8 Å². The van der Waals surface area contributed by atoms with Crippen molar-refractivity contribution in [1.82, 2.24) is 10.6 Å². The standard InChI is InChI=1S/C14H19ClN2O2/c15-12-8-4-3-7-11(12)13(18)9-16-14(19)17-10-5-1-2-6-10/h3-4,7-8,10,13,18H,1-2,5-6,9H2,(H2,16,17,19). The van der Waals surface area contributed by atoms with E-state index in [1.807, 2.05) is 6.07 Å². The monoisotopic (exact) mass is 282 g/mol. The fourth-order valence-corrected chi connectivity index (χ4v) is 2.61. The molecule has 1 aromatic rings. The molecule has 4 nitrogen and oxygen atoms in total. The molecular formula is C14H19ClN2O2. The summed E-state index contributed by atoms with van der Waals surface area (Å²) in [6.07, 6.45) is 3.64. The molecule has 0 aliphatic heterocycles. The molecule has 0 radical (unpaired) electrons. The molecule has 0 saturated heterocycles. The number of carbonyl (C=O) groups is 1. The normalized spacial score (nSPS) is 17.2. The third-order valence-electron chi connectivity index (χ3n) is 3.41. The molecule has 1 atom stereocenters. The zero-order chi connectivity index (χ0) is 13.7. The maximum absolute atomic E-state index is 11.7. The van der Waals surface area contributed by atoms with Crippen molar-refractivity contribution in [2.45, 2.75) is 37.8 Å². The maximum Gasteiger partial charge on any atom is 0.315 e. The molecule has 0 spiro atoms. The Balaban J connectivity index is 1.78. The summed E-state index contributed by atoms with van der Waals surface area (Å²) >= 11 is 5.98. The average Bonchev–Trinajstić information content (AvgIpc) is 2.89. The second-order valence-corrected chi connectivity index (χ2v) is 5.28. The van der Waals surface area contributed by atoms with Gasteiger partial charge in [-0.2, -0.15) is 0 Å². The van der Waals surface area contributed by atoms with Crippen molar-refractivity contribution in [2.24, 2.45) is 0 Å². The highest BCUT2D eigenvalue weighted by atomic mass is 35.5. The van der Waals surface area contributed by atoms with Crippen molar-refractivity contribution >= 4 is 17.6 Å². The molecule has 2 amide bonds. The number of benzene rings is 1. The second kappa shape index (κ2) is 6.78. The molecule has 1 aliphatic carbocycles. The van der Waals surface area contributed by atoms with Gasteiger partial charge in [0, 0.05) is 23.2 Å². The van der Waals surface area contributed by atoms with Gasteiger partial charge in [0.15, 0.2) is 0 Å². The highest BCUT2D eigenvalue weighted by molar-refractivity contribution is 6.31. The summed E-state index contributed by atoms with van der Waals surface area (Å²) in [5.41, 5.74) is 0.630. The van der Waals surface area contributed by atoms with Gasteiger partial charge in [0.25, 0.3) is 0 Å². The van der Waals surface area contributed by atoms with Crippen LogP contribution in [0.15, 0.2) is 24.3 Å². The van der Waals surface area contributed by atoms with Crippen molar-refractivity contribution in [1.29, 1.82) is 0 Å². The summed E-state index contributed by atoms with van der Waals surface area (Å²) in [4.78, 5) is 11.7. The van der Waals surface area contributed by atoms with Gasteiger partial charge in [0.2, 0.25) is 0 Å². The number of aliphatic hydroxyl groups excluding tert-OH is 1. The van der Waals surface area contributed by atoms with Gasteiger partial charge in [-0.15, -0.1) is 0 Å². The Morgan fingerprint density at radius 1 is 1.37 bits per heavy atom. The summed E-state index contributed by atoms with van der Waals surface area (Å²) in [5.74, 6) is 0.